The Labute approximate surface area is 139 Å². The van der Waals surface area contributed by atoms with E-state index in [9.17, 15) is 8.78 Å². The minimum absolute atomic E-state index is 0.416. The van der Waals surface area contributed by atoms with Gasteiger partial charge in [0.2, 0.25) is 0 Å². The molecule has 0 atom stereocenters. The Morgan fingerprint density at radius 1 is 0.957 bits per heavy atom. The summed E-state index contributed by atoms with van der Waals surface area (Å²) in [5.41, 5.74) is 0.571. The fourth-order valence-corrected chi connectivity index (χ4v) is 3.39. The van der Waals surface area contributed by atoms with Crippen LogP contribution < -0.4 is 0 Å². The van der Waals surface area contributed by atoms with Crippen molar-refractivity contribution >= 4 is 0 Å². The molecule has 23 heavy (non-hydrogen) atoms. The van der Waals surface area contributed by atoms with Crippen LogP contribution in [0.25, 0.3) is 0 Å². The predicted octanol–water partition coefficient (Wildman–Crippen LogP) is 6.48. The van der Waals surface area contributed by atoms with Crippen LogP contribution in [0.5, 0.6) is 0 Å². The molecule has 0 nitrogen and oxygen atoms in total. The van der Waals surface area contributed by atoms with E-state index in [1.807, 2.05) is 0 Å². The third kappa shape index (κ3) is 6.34. The molecule has 1 aromatic rings. The van der Waals surface area contributed by atoms with Crippen molar-refractivity contribution in [1.82, 2.24) is 0 Å². The summed E-state index contributed by atoms with van der Waals surface area (Å²) in [5.74, 6) is 5.92. The molecule has 0 amide bonds. The number of benzene rings is 1. The Bertz CT molecular complexity index is 531. The maximum absolute atomic E-state index is 13.1. The molecule has 0 unspecified atom stereocenters. The molecule has 0 aliphatic heterocycles. The van der Waals surface area contributed by atoms with Crippen LogP contribution in [0.4, 0.5) is 8.78 Å². The van der Waals surface area contributed by atoms with Crippen LogP contribution in [0.3, 0.4) is 0 Å². The maximum Gasteiger partial charge on any atom is 0.160 e. The highest BCUT2D eigenvalue weighted by Crippen LogP contribution is 2.31. The third-order valence-corrected chi connectivity index (χ3v) is 4.90. The van der Waals surface area contributed by atoms with E-state index in [1.54, 1.807) is 6.07 Å². The van der Waals surface area contributed by atoms with Crippen molar-refractivity contribution in [3.05, 3.63) is 35.4 Å². The van der Waals surface area contributed by atoms with E-state index in [1.165, 1.54) is 57.4 Å². The highest BCUT2D eigenvalue weighted by Gasteiger charge is 2.19. The fourth-order valence-electron chi connectivity index (χ4n) is 3.39. The molecule has 0 bridgehead atoms. The largest absolute Gasteiger partial charge is 0.204 e. The van der Waals surface area contributed by atoms with Gasteiger partial charge in [-0.1, -0.05) is 57.3 Å². The molecule has 1 saturated carbocycles. The van der Waals surface area contributed by atoms with Gasteiger partial charge in [0.1, 0.15) is 0 Å². The molecule has 1 aliphatic rings. The van der Waals surface area contributed by atoms with E-state index < -0.39 is 11.6 Å². The van der Waals surface area contributed by atoms with Crippen LogP contribution in [0.1, 0.15) is 76.7 Å². The lowest BCUT2D eigenvalue weighted by Gasteiger charge is -2.25. The monoisotopic (exact) mass is 318 g/mol. The normalized spacial score (nSPS) is 20.8. The Morgan fingerprint density at radius 3 is 2.39 bits per heavy atom. The van der Waals surface area contributed by atoms with Gasteiger partial charge >= 0.3 is 0 Å². The molecule has 0 saturated heterocycles. The van der Waals surface area contributed by atoms with E-state index in [2.05, 4.69) is 18.8 Å². The number of rotatable bonds is 6. The second-order valence-electron chi connectivity index (χ2n) is 6.82. The SMILES string of the molecule is CCCCCCC[C@H]1CC[C@H](C#Cc2ccc(F)c(F)c2)CC1. The first-order chi connectivity index (χ1) is 11.2. The minimum Gasteiger partial charge on any atom is -0.204 e. The van der Waals surface area contributed by atoms with E-state index >= 15 is 0 Å². The Kier molecular flexibility index (Phi) is 7.59. The van der Waals surface area contributed by atoms with Crippen LogP contribution >= 0.6 is 0 Å². The van der Waals surface area contributed by atoms with Crippen molar-refractivity contribution in [3.8, 4) is 11.8 Å². The molecule has 1 aliphatic carbocycles. The van der Waals surface area contributed by atoms with E-state index in [4.69, 9.17) is 0 Å². The molecule has 0 spiro atoms. The molecule has 2 rings (SSSR count). The molecular formula is C21H28F2. The zero-order valence-electron chi connectivity index (χ0n) is 14.2. The Hall–Kier alpha value is -1.36. The van der Waals surface area contributed by atoms with Crippen molar-refractivity contribution in [2.24, 2.45) is 11.8 Å². The van der Waals surface area contributed by atoms with Gasteiger partial charge in [0.05, 0.1) is 0 Å². The second-order valence-corrected chi connectivity index (χ2v) is 6.82. The lowest BCUT2D eigenvalue weighted by molar-refractivity contribution is 0.294. The zero-order chi connectivity index (χ0) is 16.5. The standard InChI is InChI=1S/C21H28F2/c1-2-3-4-5-6-7-17-8-10-18(11-9-17)12-13-19-14-15-20(22)21(23)16-19/h14-18H,2-11H2,1H3/t17-,18-. The maximum atomic E-state index is 13.1. The van der Waals surface area contributed by atoms with Crippen LogP contribution in [-0.4, -0.2) is 0 Å². The van der Waals surface area contributed by atoms with Crippen LogP contribution in [-0.2, 0) is 0 Å². The molecule has 0 aromatic heterocycles. The van der Waals surface area contributed by atoms with Crippen LogP contribution in [0.2, 0.25) is 0 Å². The van der Waals surface area contributed by atoms with Gasteiger partial charge in [-0.3, -0.25) is 0 Å². The topological polar surface area (TPSA) is 0 Å². The molecule has 2 heteroatoms. The third-order valence-electron chi connectivity index (χ3n) is 4.90. The van der Waals surface area contributed by atoms with Crippen molar-refractivity contribution < 1.29 is 8.78 Å². The van der Waals surface area contributed by atoms with E-state index in [0.717, 1.165) is 24.8 Å². The first kappa shape index (κ1) is 18.0. The predicted molar refractivity (Wildman–Crippen MR) is 92.1 cm³/mol. The van der Waals surface area contributed by atoms with Gasteiger partial charge in [-0.2, -0.15) is 0 Å². The number of hydrogen-bond acceptors (Lipinski definition) is 0. The summed E-state index contributed by atoms with van der Waals surface area (Å²) in [4.78, 5) is 0. The molecular weight excluding hydrogens is 290 g/mol. The summed E-state index contributed by atoms with van der Waals surface area (Å²) in [7, 11) is 0. The van der Waals surface area contributed by atoms with Crippen LogP contribution in [0.15, 0.2) is 18.2 Å². The molecule has 126 valence electrons. The van der Waals surface area contributed by atoms with Gasteiger partial charge in [-0.15, -0.1) is 0 Å². The molecule has 0 heterocycles. The van der Waals surface area contributed by atoms with Gasteiger partial charge in [0.25, 0.3) is 0 Å². The van der Waals surface area contributed by atoms with Gasteiger partial charge in [-0.05, 0) is 49.8 Å². The fraction of sp³-hybridized carbons (Fsp3) is 0.619. The quantitative estimate of drug-likeness (QED) is 0.416. The highest BCUT2D eigenvalue weighted by molar-refractivity contribution is 5.35. The van der Waals surface area contributed by atoms with E-state index in [-0.39, 0.29) is 0 Å². The highest BCUT2D eigenvalue weighted by atomic mass is 19.2. The summed E-state index contributed by atoms with van der Waals surface area (Å²) in [6.07, 6.45) is 13.0. The molecule has 1 aromatic carbocycles. The Balaban J connectivity index is 1.70. The van der Waals surface area contributed by atoms with Crippen molar-refractivity contribution in [3.63, 3.8) is 0 Å². The van der Waals surface area contributed by atoms with E-state index in [0.29, 0.717) is 11.5 Å². The zero-order valence-corrected chi connectivity index (χ0v) is 14.2. The second kappa shape index (κ2) is 9.71. The first-order valence-electron chi connectivity index (χ1n) is 9.15. The number of halogens is 2. The molecule has 0 N–H and O–H groups in total. The van der Waals surface area contributed by atoms with Gasteiger partial charge < -0.3 is 0 Å². The summed E-state index contributed by atoms with van der Waals surface area (Å²) in [6, 6.07) is 3.88. The Morgan fingerprint density at radius 2 is 1.70 bits per heavy atom. The average molecular weight is 318 g/mol. The summed E-state index contributed by atoms with van der Waals surface area (Å²) >= 11 is 0. The van der Waals surface area contributed by atoms with Crippen molar-refractivity contribution in [2.45, 2.75) is 71.1 Å². The summed E-state index contributed by atoms with van der Waals surface area (Å²) < 4.78 is 26.0. The minimum atomic E-state index is -0.816. The van der Waals surface area contributed by atoms with Gasteiger partial charge in [0.15, 0.2) is 11.6 Å². The van der Waals surface area contributed by atoms with Gasteiger partial charge in [0, 0.05) is 11.5 Å². The van der Waals surface area contributed by atoms with Gasteiger partial charge in [-0.25, -0.2) is 8.78 Å². The lowest BCUT2D eigenvalue weighted by atomic mass is 9.80. The van der Waals surface area contributed by atoms with Crippen LogP contribution in [0, 0.1) is 35.3 Å². The smallest absolute Gasteiger partial charge is 0.160 e. The average Bonchev–Trinajstić information content (AvgIpc) is 2.57. The van der Waals surface area contributed by atoms with Crippen molar-refractivity contribution in [1.29, 1.82) is 0 Å². The summed E-state index contributed by atoms with van der Waals surface area (Å²) in [5, 5.41) is 0. The lowest BCUT2D eigenvalue weighted by Crippen LogP contribution is -2.13. The summed E-state index contributed by atoms with van der Waals surface area (Å²) in [6.45, 7) is 2.25. The number of unbranched alkanes of at least 4 members (excludes halogenated alkanes) is 4. The van der Waals surface area contributed by atoms with Crippen molar-refractivity contribution in [2.75, 3.05) is 0 Å². The molecule has 0 radical (unpaired) electrons. The number of hydrogen-bond donors (Lipinski definition) is 0. The molecule has 1 fully saturated rings. The first-order valence-corrected chi connectivity index (χ1v) is 9.15.